The van der Waals surface area contributed by atoms with Crippen LogP contribution in [0, 0.1) is 5.92 Å². The maximum atomic E-state index is 13.0. The van der Waals surface area contributed by atoms with E-state index in [0.29, 0.717) is 34.2 Å². The number of benzene rings is 2. The smallest absolute Gasteiger partial charge is 0.322 e. The topological polar surface area (TPSA) is 71.3 Å². The van der Waals surface area contributed by atoms with E-state index in [-0.39, 0.29) is 6.03 Å². The summed E-state index contributed by atoms with van der Waals surface area (Å²) >= 11 is 12.2. The molecular formula is C24H24Cl2N4O2. The van der Waals surface area contributed by atoms with Gasteiger partial charge in [0.15, 0.2) is 0 Å². The second-order valence-electron chi connectivity index (χ2n) is 8.20. The van der Waals surface area contributed by atoms with Crippen molar-refractivity contribution >= 4 is 34.8 Å². The van der Waals surface area contributed by atoms with Crippen LogP contribution in [0.25, 0.3) is 17.0 Å². The number of hydrogen-bond donors (Lipinski definition) is 1. The maximum absolute atomic E-state index is 13.0. The summed E-state index contributed by atoms with van der Waals surface area (Å²) in [5.41, 5.74) is 3.18. The zero-order valence-electron chi connectivity index (χ0n) is 18.1. The molecule has 32 heavy (non-hydrogen) atoms. The van der Waals surface area contributed by atoms with Crippen LogP contribution in [0.1, 0.15) is 44.7 Å². The van der Waals surface area contributed by atoms with Crippen LogP contribution in [0.4, 0.5) is 4.79 Å². The van der Waals surface area contributed by atoms with E-state index < -0.39 is 6.04 Å². The van der Waals surface area contributed by atoms with Crippen molar-refractivity contribution in [3.05, 3.63) is 75.7 Å². The van der Waals surface area contributed by atoms with Crippen molar-refractivity contribution in [2.24, 2.45) is 5.92 Å². The lowest BCUT2D eigenvalue weighted by molar-refractivity contribution is 0.202. The highest BCUT2D eigenvalue weighted by molar-refractivity contribution is 6.31. The van der Waals surface area contributed by atoms with Crippen molar-refractivity contribution in [2.75, 3.05) is 6.54 Å². The molecule has 2 amide bonds. The molecule has 8 heteroatoms. The van der Waals surface area contributed by atoms with Crippen molar-refractivity contribution in [1.29, 1.82) is 0 Å². The fourth-order valence-corrected chi connectivity index (χ4v) is 4.01. The molecule has 166 valence electrons. The monoisotopic (exact) mass is 470 g/mol. The number of allylic oxidation sites excluding steroid dienone is 1. The molecule has 1 unspecified atom stereocenters. The largest absolute Gasteiger partial charge is 0.334 e. The summed E-state index contributed by atoms with van der Waals surface area (Å²) in [6, 6.07) is 14.1. The summed E-state index contributed by atoms with van der Waals surface area (Å²) in [4.78, 5) is 19.4. The highest BCUT2D eigenvalue weighted by Crippen LogP contribution is 2.38. The normalized spacial score (nSPS) is 16.6. The molecule has 0 saturated carbocycles. The summed E-state index contributed by atoms with van der Waals surface area (Å²) in [6.45, 7) is 6.78. The van der Waals surface area contributed by atoms with Gasteiger partial charge < -0.3 is 9.84 Å². The molecule has 6 nitrogen and oxygen atoms in total. The molecule has 3 aromatic rings. The van der Waals surface area contributed by atoms with Crippen LogP contribution in [0.2, 0.25) is 10.0 Å². The molecule has 0 fully saturated rings. The Morgan fingerprint density at radius 3 is 2.56 bits per heavy atom. The van der Waals surface area contributed by atoms with Crippen molar-refractivity contribution in [3.63, 3.8) is 0 Å². The molecule has 0 radical (unpaired) electrons. The summed E-state index contributed by atoms with van der Waals surface area (Å²) < 4.78 is 5.69. The third-order valence-corrected chi connectivity index (χ3v) is 5.96. The van der Waals surface area contributed by atoms with Crippen LogP contribution in [0.5, 0.6) is 0 Å². The number of aromatic nitrogens is 2. The highest BCUT2D eigenvalue weighted by atomic mass is 35.5. The van der Waals surface area contributed by atoms with Gasteiger partial charge in [-0.1, -0.05) is 66.5 Å². The van der Waals surface area contributed by atoms with E-state index >= 15 is 0 Å². The number of carbonyl (C=O) groups is 1. The van der Waals surface area contributed by atoms with E-state index in [4.69, 9.17) is 27.7 Å². The van der Waals surface area contributed by atoms with E-state index in [1.54, 1.807) is 29.2 Å². The van der Waals surface area contributed by atoms with Crippen molar-refractivity contribution in [2.45, 2.75) is 33.2 Å². The lowest BCUT2D eigenvalue weighted by Gasteiger charge is -2.35. The fraction of sp³-hybridized carbons (Fsp3) is 0.292. The SMILES string of the molecule is CC1=C(c2nc(-c3cccc(Cl)c3)no2)C(c2ccc(Cl)cc2)NC(=O)N1CCC(C)C. The predicted molar refractivity (Wildman–Crippen MR) is 126 cm³/mol. The second kappa shape index (κ2) is 9.35. The van der Waals surface area contributed by atoms with Gasteiger partial charge in [-0.15, -0.1) is 0 Å². The molecule has 1 atom stereocenters. The first-order chi connectivity index (χ1) is 15.3. The Morgan fingerprint density at radius 1 is 1.12 bits per heavy atom. The van der Waals surface area contributed by atoms with Crippen LogP contribution in [-0.4, -0.2) is 27.6 Å². The Kier molecular flexibility index (Phi) is 6.53. The zero-order chi connectivity index (χ0) is 22.8. The number of halogens is 2. The summed E-state index contributed by atoms with van der Waals surface area (Å²) in [5.74, 6) is 1.25. The number of urea groups is 1. The Balaban J connectivity index is 1.79. The average Bonchev–Trinajstić information content (AvgIpc) is 3.23. The molecule has 1 aliphatic rings. The molecule has 0 spiro atoms. The summed E-state index contributed by atoms with van der Waals surface area (Å²) in [7, 11) is 0. The number of nitrogens with zero attached hydrogens (tertiary/aromatic N) is 3. The predicted octanol–water partition coefficient (Wildman–Crippen LogP) is 6.59. The van der Waals surface area contributed by atoms with E-state index in [1.807, 2.05) is 31.2 Å². The Morgan fingerprint density at radius 2 is 1.88 bits per heavy atom. The Bertz CT molecular complexity index is 1150. The number of hydrogen-bond acceptors (Lipinski definition) is 4. The van der Waals surface area contributed by atoms with Crippen molar-refractivity contribution in [1.82, 2.24) is 20.4 Å². The van der Waals surface area contributed by atoms with Crippen molar-refractivity contribution < 1.29 is 9.32 Å². The van der Waals surface area contributed by atoms with Crippen LogP contribution in [0.15, 0.2) is 58.8 Å². The first-order valence-electron chi connectivity index (χ1n) is 10.5. The number of carbonyl (C=O) groups excluding carboxylic acids is 1. The number of rotatable bonds is 6. The highest BCUT2D eigenvalue weighted by Gasteiger charge is 2.35. The molecule has 2 heterocycles. The Hall–Kier alpha value is -2.83. The van der Waals surface area contributed by atoms with Crippen LogP contribution in [-0.2, 0) is 0 Å². The van der Waals surface area contributed by atoms with Gasteiger partial charge in [0.25, 0.3) is 5.89 Å². The van der Waals surface area contributed by atoms with Gasteiger partial charge in [-0.25, -0.2) is 4.79 Å². The van der Waals surface area contributed by atoms with Gasteiger partial charge in [0.2, 0.25) is 5.82 Å². The number of nitrogens with one attached hydrogen (secondary N) is 1. The minimum atomic E-state index is -0.442. The minimum absolute atomic E-state index is 0.151. The van der Waals surface area contributed by atoms with Gasteiger partial charge in [0, 0.05) is 27.9 Å². The quantitative estimate of drug-likeness (QED) is 0.441. The van der Waals surface area contributed by atoms with E-state index in [9.17, 15) is 4.79 Å². The lowest BCUT2D eigenvalue weighted by Crippen LogP contribution is -2.46. The van der Waals surface area contributed by atoms with Gasteiger partial charge in [0.05, 0.1) is 11.6 Å². The third-order valence-electron chi connectivity index (χ3n) is 5.47. The molecular weight excluding hydrogens is 447 g/mol. The zero-order valence-corrected chi connectivity index (χ0v) is 19.6. The standard InChI is InChI=1S/C24H24Cl2N4O2/c1-14(2)11-12-30-15(3)20(21(27-24(30)31)16-7-9-18(25)10-8-16)23-28-22(29-32-23)17-5-4-6-19(26)13-17/h4-10,13-14,21H,11-12H2,1-3H3,(H,27,31). The molecule has 1 aliphatic heterocycles. The molecule has 2 aromatic carbocycles. The molecule has 1 aromatic heterocycles. The number of amides is 2. The van der Waals surface area contributed by atoms with Crippen LogP contribution >= 0.6 is 23.2 Å². The molecule has 4 rings (SSSR count). The summed E-state index contributed by atoms with van der Waals surface area (Å²) in [6.07, 6.45) is 0.876. The molecule has 1 N–H and O–H groups in total. The first-order valence-corrected chi connectivity index (χ1v) is 11.2. The van der Waals surface area contributed by atoms with Gasteiger partial charge in [-0.2, -0.15) is 4.98 Å². The van der Waals surface area contributed by atoms with Gasteiger partial charge in [-0.05, 0) is 49.1 Å². The lowest BCUT2D eigenvalue weighted by atomic mass is 9.94. The van der Waals surface area contributed by atoms with Crippen molar-refractivity contribution in [3.8, 4) is 11.4 Å². The van der Waals surface area contributed by atoms with Crippen LogP contribution in [0.3, 0.4) is 0 Å². The van der Waals surface area contributed by atoms with Gasteiger partial charge >= 0.3 is 6.03 Å². The van der Waals surface area contributed by atoms with E-state index in [2.05, 4.69) is 29.3 Å². The second-order valence-corrected chi connectivity index (χ2v) is 9.07. The van der Waals surface area contributed by atoms with Crippen LogP contribution < -0.4 is 5.32 Å². The first kappa shape index (κ1) is 22.4. The third kappa shape index (κ3) is 4.66. The van der Waals surface area contributed by atoms with E-state index in [1.165, 1.54) is 0 Å². The Labute approximate surface area is 197 Å². The summed E-state index contributed by atoms with van der Waals surface area (Å²) in [5, 5.41) is 8.48. The minimum Gasteiger partial charge on any atom is -0.334 e. The van der Waals surface area contributed by atoms with Gasteiger partial charge in [0.1, 0.15) is 0 Å². The van der Waals surface area contributed by atoms with E-state index in [0.717, 1.165) is 28.8 Å². The molecule has 0 saturated heterocycles. The molecule has 0 aliphatic carbocycles. The fourth-order valence-electron chi connectivity index (χ4n) is 3.70. The molecule has 0 bridgehead atoms. The van der Waals surface area contributed by atoms with Gasteiger partial charge in [-0.3, -0.25) is 4.90 Å². The maximum Gasteiger partial charge on any atom is 0.322 e. The average molecular weight is 471 g/mol.